The van der Waals surface area contributed by atoms with Gasteiger partial charge in [0, 0.05) is 6.54 Å². The number of para-hydroxylation sites is 1. The molecule has 6 heteroatoms. The lowest BCUT2D eigenvalue weighted by atomic mass is 9.94. The lowest BCUT2D eigenvalue weighted by molar-refractivity contribution is -0.137. The SMILES string of the molecule is CCC(C)[C@H](NC(=O)c1ccccc1OC)C(=O)N1CCCC[C@H]1C#N. The number of nitrogens with zero attached hydrogens (tertiary/aromatic N) is 2. The van der Waals surface area contributed by atoms with E-state index >= 15 is 0 Å². The molecule has 1 unspecified atom stereocenters. The van der Waals surface area contributed by atoms with Crippen LogP contribution in [0.2, 0.25) is 0 Å². The third kappa shape index (κ3) is 4.34. The number of rotatable bonds is 6. The van der Waals surface area contributed by atoms with Crippen molar-refractivity contribution in [1.82, 2.24) is 10.2 Å². The van der Waals surface area contributed by atoms with E-state index in [1.54, 1.807) is 29.2 Å². The van der Waals surface area contributed by atoms with Gasteiger partial charge in [-0.2, -0.15) is 5.26 Å². The van der Waals surface area contributed by atoms with Gasteiger partial charge >= 0.3 is 0 Å². The molecule has 0 saturated carbocycles. The molecule has 6 nitrogen and oxygen atoms in total. The number of amides is 2. The van der Waals surface area contributed by atoms with E-state index in [9.17, 15) is 14.9 Å². The van der Waals surface area contributed by atoms with Gasteiger partial charge in [-0.15, -0.1) is 0 Å². The van der Waals surface area contributed by atoms with E-state index in [0.717, 1.165) is 19.3 Å². The normalized spacial score (nSPS) is 19.2. The molecule has 0 aliphatic carbocycles. The van der Waals surface area contributed by atoms with Crippen LogP contribution in [0.4, 0.5) is 0 Å². The van der Waals surface area contributed by atoms with Gasteiger partial charge in [-0.1, -0.05) is 32.4 Å². The second kappa shape index (κ2) is 9.23. The molecule has 1 N–H and O–H groups in total. The monoisotopic (exact) mass is 357 g/mol. The smallest absolute Gasteiger partial charge is 0.255 e. The van der Waals surface area contributed by atoms with Gasteiger partial charge < -0.3 is 15.0 Å². The Kier molecular flexibility index (Phi) is 7.02. The maximum Gasteiger partial charge on any atom is 0.255 e. The van der Waals surface area contributed by atoms with Crippen molar-refractivity contribution in [3.63, 3.8) is 0 Å². The van der Waals surface area contributed by atoms with Crippen LogP contribution in [0.5, 0.6) is 5.75 Å². The molecule has 0 aromatic heterocycles. The van der Waals surface area contributed by atoms with Crippen molar-refractivity contribution in [2.45, 2.75) is 51.6 Å². The molecule has 0 spiro atoms. The molecule has 2 rings (SSSR count). The number of likely N-dealkylation sites (tertiary alicyclic amines) is 1. The number of carbonyl (C=O) groups is 2. The highest BCUT2D eigenvalue weighted by Crippen LogP contribution is 2.22. The minimum absolute atomic E-state index is 0.0394. The van der Waals surface area contributed by atoms with Crippen LogP contribution in [-0.4, -0.2) is 42.5 Å². The number of ether oxygens (including phenoxy) is 1. The number of carbonyl (C=O) groups excluding carboxylic acids is 2. The first-order valence-corrected chi connectivity index (χ1v) is 9.17. The van der Waals surface area contributed by atoms with E-state index in [2.05, 4.69) is 11.4 Å². The van der Waals surface area contributed by atoms with E-state index in [0.29, 0.717) is 24.3 Å². The summed E-state index contributed by atoms with van der Waals surface area (Å²) in [6, 6.07) is 8.08. The lowest BCUT2D eigenvalue weighted by Crippen LogP contribution is -2.55. The standard InChI is InChI=1S/C20H27N3O3/c1-4-14(2)18(20(25)23-12-8-7-9-15(23)13-21)22-19(24)16-10-5-6-11-17(16)26-3/h5-6,10-11,14-15,18H,4,7-9,12H2,1-3H3,(H,22,24)/t14?,15-,18-/m0/s1. The second-order valence-electron chi connectivity index (χ2n) is 6.71. The molecule has 1 fully saturated rings. The van der Waals surface area contributed by atoms with Crippen molar-refractivity contribution in [2.75, 3.05) is 13.7 Å². The number of piperidine rings is 1. The maximum absolute atomic E-state index is 13.1. The fraction of sp³-hybridized carbons (Fsp3) is 0.550. The first kappa shape index (κ1) is 19.8. The Morgan fingerprint density at radius 2 is 2.12 bits per heavy atom. The molecule has 1 heterocycles. The zero-order valence-electron chi connectivity index (χ0n) is 15.7. The zero-order valence-corrected chi connectivity index (χ0v) is 15.7. The van der Waals surface area contributed by atoms with E-state index in [4.69, 9.17) is 4.74 Å². The van der Waals surface area contributed by atoms with Gasteiger partial charge in [0.2, 0.25) is 5.91 Å². The van der Waals surface area contributed by atoms with Crippen molar-refractivity contribution >= 4 is 11.8 Å². The predicted molar refractivity (Wildman–Crippen MR) is 98.7 cm³/mol. The van der Waals surface area contributed by atoms with Crippen molar-refractivity contribution in [2.24, 2.45) is 5.92 Å². The van der Waals surface area contributed by atoms with Crippen LogP contribution in [0.25, 0.3) is 0 Å². The number of nitrogens with one attached hydrogen (secondary N) is 1. The van der Waals surface area contributed by atoms with Gasteiger partial charge in [-0.25, -0.2) is 0 Å². The fourth-order valence-electron chi connectivity index (χ4n) is 3.24. The Bertz CT molecular complexity index is 683. The highest BCUT2D eigenvalue weighted by molar-refractivity contribution is 5.99. The van der Waals surface area contributed by atoms with Crippen LogP contribution in [0, 0.1) is 17.2 Å². The molecular formula is C20H27N3O3. The molecular weight excluding hydrogens is 330 g/mol. The van der Waals surface area contributed by atoms with Gasteiger partial charge in [0.25, 0.3) is 5.91 Å². The molecule has 1 saturated heterocycles. The van der Waals surface area contributed by atoms with E-state index in [1.165, 1.54) is 7.11 Å². The summed E-state index contributed by atoms with van der Waals surface area (Å²) < 4.78 is 5.25. The van der Waals surface area contributed by atoms with Crippen LogP contribution in [0.15, 0.2) is 24.3 Å². The average Bonchev–Trinajstić information content (AvgIpc) is 2.70. The maximum atomic E-state index is 13.1. The number of nitriles is 1. The lowest BCUT2D eigenvalue weighted by Gasteiger charge is -2.36. The highest BCUT2D eigenvalue weighted by Gasteiger charge is 2.35. The van der Waals surface area contributed by atoms with Crippen molar-refractivity contribution in [3.05, 3.63) is 29.8 Å². The summed E-state index contributed by atoms with van der Waals surface area (Å²) in [5.41, 5.74) is 0.395. The summed E-state index contributed by atoms with van der Waals surface area (Å²) >= 11 is 0. The second-order valence-corrected chi connectivity index (χ2v) is 6.71. The van der Waals surface area contributed by atoms with Crippen LogP contribution in [0.3, 0.4) is 0 Å². The van der Waals surface area contributed by atoms with Crippen LogP contribution >= 0.6 is 0 Å². The Morgan fingerprint density at radius 3 is 2.77 bits per heavy atom. The number of hydrogen-bond acceptors (Lipinski definition) is 4. The van der Waals surface area contributed by atoms with Gasteiger partial charge in [0.05, 0.1) is 18.7 Å². The topological polar surface area (TPSA) is 82.4 Å². The van der Waals surface area contributed by atoms with Crippen LogP contribution in [-0.2, 0) is 4.79 Å². The van der Waals surface area contributed by atoms with E-state index in [1.807, 2.05) is 13.8 Å². The number of methoxy groups -OCH3 is 1. The predicted octanol–water partition coefficient (Wildman–Crippen LogP) is 2.74. The molecule has 1 aliphatic heterocycles. The Hall–Kier alpha value is -2.55. The molecule has 0 bridgehead atoms. The highest BCUT2D eigenvalue weighted by atomic mass is 16.5. The molecule has 1 aliphatic rings. The summed E-state index contributed by atoms with van der Waals surface area (Å²) in [4.78, 5) is 27.5. The largest absolute Gasteiger partial charge is 0.496 e. The molecule has 1 aromatic carbocycles. The van der Waals surface area contributed by atoms with Gasteiger partial charge in [-0.3, -0.25) is 9.59 Å². The number of hydrogen-bond donors (Lipinski definition) is 1. The average molecular weight is 357 g/mol. The Labute approximate surface area is 155 Å². The molecule has 3 atom stereocenters. The first-order chi connectivity index (χ1) is 12.5. The third-order valence-corrected chi connectivity index (χ3v) is 5.05. The summed E-state index contributed by atoms with van der Waals surface area (Å²) in [6.45, 7) is 4.49. The summed E-state index contributed by atoms with van der Waals surface area (Å²) in [6.07, 6.45) is 3.27. The molecule has 0 radical (unpaired) electrons. The van der Waals surface area contributed by atoms with Crippen molar-refractivity contribution < 1.29 is 14.3 Å². The van der Waals surface area contributed by atoms with Crippen molar-refractivity contribution in [3.8, 4) is 11.8 Å². The minimum atomic E-state index is -0.661. The summed E-state index contributed by atoms with van der Waals surface area (Å²) in [7, 11) is 1.51. The molecule has 26 heavy (non-hydrogen) atoms. The van der Waals surface area contributed by atoms with Gasteiger partial charge in [-0.05, 0) is 37.3 Å². The van der Waals surface area contributed by atoms with Gasteiger partial charge in [0.1, 0.15) is 17.8 Å². The minimum Gasteiger partial charge on any atom is -0.496 e. The van der Waals surface area contributed by atoms with Crippen molar-refractivity contribution in [1.29, 1.82) is 5.26 Å². The van der Waals surface area contributed by atoms with Gasteiger partial charge in [0.15, 0.2) is 0 Å². The summed E-state index contributed by atoms with van der Waals surface area (Å²) in [5, 5.41) is 12.2. The summed E-state index contributed by atoms with van der Waals surface area (Å²) in [5.74, 6) is -0.0869. The zero-order chi connectivity index (χ0) is 19.1. The first-order valence-electron chi connectivity index (χ1n) is 9.17. The number of benzene rings is 1. The molecule has 140 valence electrons. The molecule has 2 amide bonds. The Morgan fingerprint density at radius 1 is 1.38 bits per heavy atom. The van der Waals surface area contributed by atoms with E-state index in [-0.39, 0.29) is 17.7 Å². The quantitative estimate of drug-likeness (QED) is 0.849. The molecule has 1 aromatic rings. The van der Waals surface area contributed by atoms with Crippen LogP contribution < -0.4 is 10.1 Å². The van der Waals surface area contributed by atoms with Crippen LogP contribution in [0.1, 0.15) is 49.9 Å². The van der Waals surface area contributed by atoms with E-state index < -0.39 is 12.1 Å². The Balaban J connectivity index is 2.23. The third-order valence-electron chi connectivity index (χ3n) is 5.05. The fourth-order valence-corrected chi connectivity index (χ4v) is 3.24.